The highest BCUT2D eigenvalue weighted by atomic mass is 15.4. The van der Waals surface area contributed by atoms with E-state index < -0.39 is 0 Å². The molecule has 1 saturated heterocycles. The van der Waals surface area contributed by atoms with Crippen molar-refractivity contribution in [1.29, 1.82) is 5.26 Å². The van der Waals surface area contributed by atoms with Crippen molar-refractivity contribution < 1.29 is 0 Å². The molecule has 23 heavy (non-hydrogen) atoms. The zero-order valence-corrected chi connectivity index (χ0v) is 13.6. The number of nitrogens with one attached hydrogen (secondary N) is 2. The van der Waals surface area contributed by atoms with Crippen molar-refractivity contribution in [3.8, 4) is 17.3 Å². The van der Waals surface area contributed by atoms with Gasteiger partial charge in [-0.1, -0.05) is 30.3 Å². The Balaban J connectivity index is 2.26. The lowest BCUT2D eigenvalue weighted by molar-refractivity contribution is 0.567. The quantitative estimate of drug-likeness (QED) is 0.793. The zero-order valence-electron chi connectivity index (χ0n) is 13.6. The molecule has 4 N–H and O–H groups in total. The minimum absolute atomic E-state index is 0.164. The molecule has 2 heterocycles. The fourth-order valence-electron chi connectivity index (χ4n) is 3.50. The summed E-state index contributed by atoms with van der Waals surface area (Å²) in [7, 11) is 0. The highest BCUT2D eigenvalue weighted by Gasteiger charge is 2.35. The summed E-state index contributed by atoms with van der Waals surface area (Å²) < 4.78 is 0. The first-order chi connectivity index (χ1) is 11.0. The van der Waals surface area contributed by atoms with E-state index in [2.05, 4.69) is 35.8 Å². The van der Waals surface area contributed by atoms with Gasteiger partial charge in [-0.2, -0.15) is 5.26 Å². The lowest BCUT2D eigenvalue weighted by Crippen LogP contribution is -2.30. The van der Waals surface area contributed by atoms with Crippen LogP contribution in [0.3, 0.4) is 0 Å². The molecule has 0 spiro atoms. The smallest absolute Gasteiger partial charge is 0.142 e. The fraction of sp³-hybridized carbons (Fsp3) is 0.333. The molecular formula is C18H21N5. The summed E-state index contributed by atoms with van der Waals surface area (Å²) in [6, 6.07) is 12.6. The number of aromatic nitrogens is 1. The molecule has 0 radical (unpaired) electrons. The molecule has 118 valence electrons. The number of nitrogens with two attached hydrogens (primary N) is 1. The van der Waals surface area contributed by atoms with Gasteiger partial charge in [0, 0.05) is 23.6 Å². The third-order valence-corrected chi connectivity index (χ3v) is 4.63. The number of rotatable bonds is 2. The van der Waals surface area contributed by atoms with Crippen molar-refractivity contribution in [2.75, 3.05) is 5.73 Å². The summed E-state index contributed by atoms with van der Waals surface area (Å²) >= 11 is 0. The van der Waals surface area contributed by atoms with E-state index in [1.807, 2.05) is 37.3 Å². The Kier molecular flexibility index (Phi) is 4.03. The molecule has 1 aromatic carbocycles. The highest BCUT2D eigenvalue weighted by molar-refractivity contribution is 5.71. The molecule has 0 bridgehead atoms. The largest absolute Gasteiger partial charge is 0.383 e. The Bertz CT molecular complexity index is 753. The molecule has 0 amide bonds. The van der Waals surface area contributed by atoms with Crippen LogP contribution in [-0.4, -0.2) is 17.1 Å². The number of pyridine rings is 1. The van der Waals surface area contributed by atoms with Crippen molar-refractivity contribution in [3.05, 3.63) is 47.0 Å². The number of hydrogen-bond acceptors (Lipinski definition) is 5. The SMILES string of the molecule is Cc1c(-c2ccccc2)nc(N)c(C#N)c1C1C(C)NNC1C. The van der Waals surface area contributed by atoms with E-state index in [1.165, 1.54) is 0 Å². The van der Waals surface area contributed by atoms with E-state index in [9.17, 15) is 5.26 Å². The van der Waals surface area contributed by atoms with Gasteiger partial charge in [-0.05, 0) is 31.9 Å². The summed E-state index contributed by atoms with van der Waals surface area (Å²) in [5, 5.41) is 9.61. The number of benzene rings is 1. The molecule has 1 aromatic heterocycles. The van der Waals surface area contributed by atoms with Crippen molar-refractivity contribution in [1.82, 2.24) is 15.8 Å². The Morgan fingerprint density at radius 2 is 1.74 bits per heavy atom. The fourth-order valence-corrected chi connectivity index (χ4v) is 3.50. The number of nitrogen functional groups attached to an aromatic ring is 1. The van der Waals surface area contributed by atoms with Crippen LogP contribution in [0.4, 0.5) is 5.82 Å². The second-order valence-electron chi connectivity index (χ2n) is 6.13. The zero-order chi connectivity index (χ0) is 16.6. The summed E-state index contributed by atoms with van der Waals surface area (Å²) in [4.78, 5) is 4.51. The third-order valence-electron chi connectivity index (χ3n) is 4.63. The monoisotopic (exact) mass is 307 g/mol. The normalized spacial score (nSPS) is 23.7. The molecule has 3 rings (SSSR count). The van der Waals surface area contributed by atoms with Crippen LogP contribution in [0.15, 0.2) is 30.3 Å². The number of hydrazine groups is 1. The molecule has 0 saturated carbocycles. The molecule has 1 aliphatic heterocycles. The molecule has 2 aromatic rings. The van der Waals surface area contributed by atoms with E-state index in [1.54, 1.807) is 0 Å². The van der Waals surface area contributed by atoms with Gasteiger partial charge >= 0.3 is 0 Å². The standard InChI is InChI=1S/C18H21N5/c1-10-15(16-11(2)22-23-12(16)3)14(9-19)18(20)21-17(10)13-7-5-4-6-8-13/h4-8,11-12,16,22-23H,1-3H3,(H2,20,21). The first kappa shape index (κ1) is 15.5. The molecule has 1 fully saturated rings. The van der Waals surface area contributed by atoms with Crippen LogP contribution in [-0.2, 0) is 0 Å². The van der Waals surface area contributed by atoms with Gasteiger partial charge in [-0.25, -0.2) is 4.98 Å². The van der Waals surface area contributed by atoms with Crippen LogP contribution in [0.1, 0.15) is 36.5 Å². The molecule has 0 aliphatic carbocycles. The maximum atomic E-state index is 9.61. The minimum Gasteiger partial charge on any atom is -0.383 e. The van der Waals surface area contributed by atoms with Crippen LogP contribution < -0.4 is 16.6 Å². The van der Waals surface area contributed by atoms with Gasteiger partial charge in [0.2, 0.25) is 0 Å². The topological polar surface area (TPSA) is 86.8 Å². The average Bonchev–Trinajstić information content (AvgIpc) is 2.88. The summed E-state index contributed by atoms with van der Waals surface area (Å²) in [5.41, 5.74) is 17.0. The predicted octanol–water partition coefficient (Wildman–Crippen LogP) is 2.48. The Morgan fingerprint density at radius 1 is 1.13 bits per heavy atom. The van der Waals surface area contributed by atoms with Crippen LogP contribution in [0.2, 0.25) is 0 Å². The number of anilines is 1. The Labute approximate surface area is 136 Å². The summed E-state index contributed by atoms with van der Waals surface area (Å²) in [6.45, 7) is 6.25. The second-order valence-corrected chi connectivity index (χ2v) is 6.13. The van der Waals surface area contributed by atoms with Gasteiger partial charge in [-0.15, -0.1) is 0 Å². The summed E-state index contributed by atoms with van der Waals surface area (Å²) in [6.07, 6.45) is 0. The number of hydrogen-bond donors (Lipinski definition) is 3. The van der Waals surface area contributed by atoms with Crippen LogP contribution in [0.5, 0.6) is 0 Å². The summed E-state index contributed by atoms with van der Waals surface area (Å²) in [5.74, 6) is 0.468. The van der Waals surface area contributed by atoms with Crippen molar-refractivity contribution >= 4 is 5.82 Å². The number of nitrogens with zero attached hydrogens (tertiary/aromatic N) is 2. The van der Waals surface area contributed by atoms with Crippen molar-refractivity contribution in [2.45, 2.75) is 38.8 Å². The molecule has 2 atom stereocenters. The van der Waals surface area contributed by atoms with Crippen LogP contribution in [0, 0.1) is 18.3 Å². The third kappa shape index (κ3) is 2.56. The van der Waals surface area contributed by atoms with E-state index >= 15 is 0 Å². The molecule has 2 unspecified atom stereocenters. The lowest BCUT2D eigenvalue weighted by Gasteiger charge is -2.24. The van der Waals surface area contributed by atoms with Crippen molar-refractivity contribution in [3.63, 3.8) is 0 Å². The average molecular weight is 307 g/mol. The van der Waals surface area contributed by atoms with E-state index in [4.69, 9.17) is 5.73 Å². The van der Waals surface area contributed by atoms with Gasteiger partial charge in [0.15, 0.2) is 0 Å². The van der Waals surface area contributed by atoms with E-state index in [0.717, 1.165) is 22.4 Å². The molecule has 1 aliphatic rings. The first-order valence-corrected chi connectivity index (χ1v) is 7.81. The van der Waals surface area contributed by atoms with Gasteiger partial charge in [-0.3, -0.25) is 10.9 Å². The maximum Gasteiger partial charge on any atom is 0.142 e. The predicted molar refractivity (Wildman–Crippen MR) is 91.5 cm³/mol. The van der Waals surface area contributed by atoms with Gasteiger partial charge < -0.3 is 5.73 Å². The Morgan fingerprint density at radius 3 is 2.30 bits per heavy atom. The van der Waals surface area contributed by atoms with Crippen LogP contribution >= 0.6 is 0 Å². The van der Waals surface area contributed by atoms with Crippen LogP contribution in [0.25, 0.3) is 11.3 Å². The second kappa shape index (κ2) is 5.99. The molecule has 5 nitrogen and oxygen atoms in total. The number of nitriles is 1. The van der Waals surface area contributed by atoms with E-state index in [-0.39, 0.29) is 18.0 Å². The van der Waals surface area contributed by atoms with E-state index in [0.29, 0.717) is 11.4 Å². The molecular weight excluding hydrogens is 286 g/mol. The first-order valence-electron chi connectivity index (χ1n) is 7.81. The highest BCUT2D eigenvalue weighted by Crippen LogP contribution is 2.37. The lowest BCUT2D eigenvalue weighted by atomic mass is 9.82. The molecule has 5 heteroatoms. The maximum absolute atomic E-state index is 9.61. The van der Waals surface area contributed by atoms with Gasteiger partial charge in [0.1, 0.15) is 11.9 Å². The Hall–Kier alpha value is -2.42. The van der Waals surface area contributed by atoms with Gasteiger partial charge in [0.05, 0.1) is 11.3 Å². The minimum atomic E-state index is 0.164. The van der Waals surface area contributed by atoms with Gasteiger partial charge in [0.25, 0.3) is 0 Å². The van der Waals surface area contributed by atoms with Crippen molar-refractivity contribution in [2.24, 2.45) is 0 Å².